The first-order valence-electron chi connectivity index (χ1n) is 5.47. The number of rotatable bonds is 3. The maximum absolute atomic E-state index is 14.1. The zero-order valence-corrected chi connectivity index (χ0v) is 12.6. The van der Waals surface area contributed by atoms with Crippen LogP contribution in [0.15, 0.2) is 4.90 Å². The van der Waals surface area contributed by atoms with E-state index < -0.39 is 33.5 Å². The van der Waals surface area contributed by atoms with Gasteiger partial charge in [0.25, 0.3) is 0 Å². The van der Waals surface area contributed by atoms with Gasteiger partial charge in [-0.05, 0) is 26.6 Å². The zero-order chi connectivity index (χ0) is 15.1. The van der Waals surface area contributed by atoms with Crippen LogP contribution in [0.5, 0.6) is 0 Å². The average Bonchev–Trinajstić information content (AvgIpc) is 2.29. The molecule has 0 aliphatic carbocycles. The van der Waals surface area contributed by atoms with Crippen LogP contribution in [-0.4, -0.2) is 45.0 Å². The molecule has 0 atom stereocenters. The molecule has 1 rings (SSSR count). The van der Waals surface area contributed by atoms with Crippen LogP contribution in [0.25, 0.3) is 0 Å². The van der Waals surface area contributed by atoms with E-state index in [1.54, 1.807) is 30.9 Å². The van der Waals surface area contributed by atoms with Gasteiger partial charge in [-0.3, -0.25) is 4.31 Å². The molecular formula is C12H18F4N2S. The third kappa shape index (κ3) is 2.53. The lowest BCUT2D eigenvalue weighted by Crippen LogP contribution is -2.24. The van der Waals surface area contributed by atoms with Gasteiger partial charge in [-0.2, -0.15) is 10.2 Å². The molecule has 7 heteroatoms. The fourth-order valence-electron chi connectivity index (χ4n) is 1.64. The Morgan fingerprint density at radius 2 is 1.16 bits per heavy atom. The lowest BCUT2D eigenvalue weighted by atomic mass is 10.2. The highest BCUT2D eigenvalue weighted by Crippen LogP contribution is 2.56. The molecule has 0 aliphatic rings. The summed E-state index contributed by atoms with van der Waals surface area (Å²) in [6.07, 6.45) is 3.38. The predicted molar refractivity (Wildman–Crippen MR) is 72.0 cm³/mol. The predicted octanol–water partition coefficient (Wildman–Crippen LogP) is 3.21. The van der Waals surface area contributed by atoms with E-state index in [0.717, 1.165) is 0 Å². The van der Waals surface area contributed by atoms with Crippen LogP contribution >= 0.6 is 10.2 Å². The van der Waals surface area contributed by atoms with Gasteiger partial charge >= 0.3 is 0 Å². The minimum atomic E-state index is -1.98. The highest BCUT2D eigenvalue weighted by Gasteiger charge is 2.33. The Morgan fingerprint density at radius 1 is 0.737 bits per heavy atom. The van der Waals surface area contributed by atoms with E-state index in [1.165, 1.54) is 19.0 Å². The van der Waals surface area contributed by atoms with Gasteiger partial charge in [-0.25, -0.2) is 17.6 Å². The van der Waals surface area contributed by atoms with E-state index in [9.17, 15) is 17.6 Å². The molecular weight excluding hydrogens is 280 g/mol. The second kappa shape index (κ2) is 5.20. The lowest BCUT2D eigenvalue weighted by molar-refractivity contribution is 0.398. The molecule has 0 N–H and O–H groups in total. The minimum absolute atomic E-state index is 0.126. The summed E-state index contributed by atoms with van der Waals surface area (Å²) in [4.78, 5) is 1.13. The van der Waals surface area contributed by atoms with Gasteiger partial charge < -0.3 is 4.90 Å². The Labute approximate surface area is 112 Å². The monoisotopic (exact) mass is 298 g/mol. The van der Waals surface area contributed by atoms with Crippen molar-refractivity contribution in [2.24, 2.45) is 0 Å². The summed E-state index contributed by atoms with van der Waals surface area (Å²) in [6, 6.07) is 0. The molecule has 1 aromatic carbocycles. The molecule has 0 fully saturated rings. The first-order valence-corrected chi connectivity index (χ1v) is 7.88. The Hall–Kier alpha value is -0.950. The highest BCUT2D eigenvalue weighted by atomic mass is 32.3. The summed E-state index contributed by atoms with van der Waals surface area (Å²) in [5.41, 5.74) is -0.245. The molecule has 1 aromatic rings. The van der Waals surface area contributed by atoms with Gasteiger partial charge in [0.1, 0.15) is 0 Å². The van der Waals surface area contributed by atoms with Crippen molar-refractivity contribution in [3.63, 3.8) is 0 Å². The molecule has 0 radical (unpaired) electrons. The number of hydrogen-bond acceptors (Lipinski definition) is 2. The largest absolute Gasteiger partial charge is 0.374 e. The van der Waals surface area contributed by atoms with E-state index in [-0.39, 0.29) is 10.6 Å². The third-order valence-electron chi connectivity index (χ3n) is 3.06. The molecule has 19 heavy (non-hydrogen) atoms. The topological polar surface area (TPSA) is 6.48 Å². The van der Waals surface area contributed by atoms with Crippen molar-refractivity contribution in [3.05, 3.63) is 23.3 Å². The van der Waals surface area contributed by atoms with E-state index in [4.69, 9.17) is 0 Å². The molecule has 0 saturated heterocycles. The fourth-order valence-corrected chi connectivity index (χ4v) is 3.28. The van der Waals surface area contributed by atoms with E-state index in [0.29, 0.717) is 0 Å². The maximum atomic E-state index is 14.1. The Kier molecular flexibility index (Phi) is 4.41. The summed E-state index contributed by atoms with van der Waals surface area (Å²) in [6.45, 7) is 0. The summed E-state index contributed by atoms with van der Waals surface area (Å²) >= 11 is 0. The zero-order valence-electron chi connectivity index (χ0n) is 11.8. The van der Waals surface area contributed by atoms with Gasteiger partial charge in [0.15, 0.2) is 23.3 Å². The molecule has 0 aromatic heterocycles. The third-order valence-corrected chi connectivity index (χ3v) is 6.26. The van der Waals surface area contributed by atoms with Crippen LogP contribution in [0, 0.1) is 23.3 Å². The van der Waals surface area contributed by atoms with Crippen molar-refractivity contribution in [2.45, 2.75) is 4.90 Å². The summed E-state index contributed by atoms with van der Waals surface area (Å²) in [7, 11) is 4.33. The molecule has 0 saturated carbocycles. The number of benzene rings is 1. The van der Waals surface area contributed by atoms with Crippen molar-refractivity contribution < 1.29 is 17.6 Å². The Bertz CT molecular complexity index is 501. The SMILES string of the molecule is CN(C)c1c(F)c(F)c(F)c(F)c1S(C)(C)N(C)C. The van der Waals surface area contributed by atoms with Crippen molar-refractivity contribution in [1.82, 2.24) is 4.31 Å². The van der Waals surface area contributed by atoms with Gasteiger partial charge in [-0.1, -0.05) is 0 Å². The molecule has 0 spiro atoms. The van der Waals surface area contributed by atoms with Crippen molar-refractivity contribution in [1.29, 1.82) is 0 Å². The van der Waals surface area contributed by atoms with E-state index >= 15 is 0 Å². The minimum Gasteiger partial charge on any atom is -0.374 e. The Balaban J connectivity index is 3.81. The van der Waals surface area contributed by atoms with Crippen LogP contribution in [0.3, 0.4) is 0 Å². The second-order valence-electron chi connectivity index (χ2n) is 4.91. The maximum Gasteiger partial charge on any atom is 0.199 e. The molecule has 0 unspecified atom stereocenters. The van der Waals surface area contributed by atoms with E-state index in [2.05, 4.69) is 0 Å². The first-order chi connectivity index (χ1) is 8.53. The van der Waals surface area contributed by atoms with Crippen molar-refractivity contribution in [2.75, 3.05) is 45.6 Å². The standard InChI is InChI=1S/C12H18F4N2S/c1-17(2)11-9(15)7(13)8(14)10(16)12(11)19(5,6)18(3)4/h1-6H3. The van der Waals surface area contributed by atoms with Gasteiger partial charge in [-0.15, -0.1) is 0 Å². The number of anilines is 1. The van der Waals surface area contributed by atoms with Gasteiger partial charge in [0, 0.05) is 14.1 Å². The van der Waals surface area contributed by atoms with Crippen LogP contribution in [0.2, 0.25) is 0 Å². The van der Waals surface area contributed by atoms with E-state index in [1.807, 2.05) is 0 Å². The highest BCUT2D eigenvalue weighted by molar-refractivity contribution is 8.30. The van der Waals surface area contributed by atoms with Gasteiger partial charge in [0.2, 0.25) is 0 Å². The molecule has 0 bridgehead atoms. The normalized spacial score (nSPS) is 13.0. The number of halogens is 4. The van der Waals surface area contributed by atoms with Crippen molar-refractivity contribution in [3.8, 4) is 0 Å². The fraction of sp³-hybridized carbons (Fsp3) is 0.500. The summed E-state index contributed by atoms with van der Waals surface area (Å²) < 4.78 is 56.5. The van der Waals surface area contributed by atoms with Crippen LogP contribution in [0.4, 0.5) is 23.2 Å². The molecule has 0 amide bonds. The molecule has 0 heterocycles. The summed E-state index contributed by atoms with van der Waals surface area (Å²) in [5.74, 6) is -6.22. The van der Waals surface area contributed by atoms with Crippen LogP contribution in [-0.2, 0) is 0 Å². The smallest absolute Gasteiger partial charge is 0.199 e. The first kappa shape index (κ1) is 16.1. The molecule has 110 valence electrons. The lowest BCUT2D eigenvalue weighted by Gasteiger charge is -2.41. The Morgan fingerprint density at radius 3 is 1.53 bits per heavy atom. The average molecular weight is 298 g/mol. The second-order valence-corrected chi connectivity index (χ2v) is 8.60. The molecule has 2 nitrogen and oxygen atoms in total. The summed E-state index contributed by atoms with van der Waals surface area (Å²) in [5, 5.41) is 0. The van der Waals surface area contributed by atoms with Gasteiger partial charge in [0.05, 0.1) is 10.6 Å². The quantitative estimate of drug-likeness (QED) is 0.480. The molecule has 0 aliphatic heterocycles. The van der Waals surface area contributed by atoms with Crippen LogP contribution in [0.1, 0.15) is 0 Å². The number of hydrogen-bond donors (Lipinski definition) is 0. The van der Waals surface area contributed by atoms with Crippen LogP contribution < -0.4 is 4.90 Å². The van der Waals surface area contributed by atoms with Crippen molar-refractivity contribution >= 4 is 15.9 Å². The number of nitrogens with zero attached hydrogens (tertiary/aromatic N) is 2.